The minimum atomic E-state index is -0.748. The number of nitrogens with zero attached hydrogens (tertiary/aromatic N) is 1. The maximum absolute atomic E-state index is 13.6. The molecule has 6 heteroatoms. The van der Waals surface area contributed by atoms with Gasteiger partial charge < -0.3 is 15.5 Å². The number of nitrogen functional groups attached to an aromatic ring is 1. The number of hydrogen-bond acceptors (Lipinski definition) is 4. The van der Waals surface area contributed by atoms with Crippen molar-refractivity contribution in [2.45, 2.75) is 19.9 Å². The summed E-state index contributed by atoms with van der Waals surface area (Å²) in [6.07, 6.45) is 1.54. The average molecular weight is 253 g/mol. The lowest BCUT2D eigenvalue weighted by atomic mass is 10.2. The van der Waals surface area contributed by atoms with Gasteiger partial charge in [-0.25, -0.2) is 13.8 Å². The van der Waals surface area contributed by atoms with Gasteiger partial charge in [0.05, 0.1) is 6.20 Å². The molecule has 0 saturated heterocycles. The van der Waals surface area contributed by atoms with E-state index >= 15 is 0 Å². The number of halogens is 2. The van der Waals surface area contributed by atoms with Crippen molar-refractivity contribution in [3.63, 3.8) is 0 Å². The molecule has 0 saturated carbocycles. The maximum atomic E-state index is 13.6. The lowest BCUT2D eigenvalue weighted by Gasteiger charge is -2.13. The van der Waals surface area contributed by atoms with E-state index in [1.54, 1.807) is 20.0 Å². The molecular weight excluding hydrogens is 240 g/mol. The van der Waals surface area contributed by atoms with Gasteiger partial charge >= 0.3 is 0 Å². The Labute approximate surface area is 103 Å². The Hall–Kier alpha value is -2.11. The van der Waals surface area contributed by atoms with Crippen LogP contribution in [0.15, 0.2) is 22.7 Å². The smallest absolute Gasteiger partial charge is 0.216 e. The fraction of sp³-hybridized carbons (Fsp3) is 0.250. The van der Waals surface area contributed by atoms with E-state index in [0.29, 0.717) is 11.7 Å². The molecule has 0 aliphatic heterocycles. The van der Waals surface area contributed by atoms with Crippen LogP contribution in [0.5, 0.6) is 0 Å². The Balaban J connectivity index is 2.24. The summed E-state index contributed by atoms with van der Waals surface area (Å²) in [6, 6.07) is 1.66. The van der Waals surface area contributed by atoms with Crippen LogP contribution in [0.1, 0.15) is 24.6 Å². The molecule has 0 amide bonds. The SMILES string of the molecule is Cc1cnc(C(C)Nc2c(F)cc(N)cc2F)o1. The third-order valence-electron chi connectivity index (χ3n) is 2.43. The summed E-state index contributed by atoms with van der Waals surface area (Å²) >= 11 is 0. The van der Waals surface area contributed by atoms with Crippen LogP contribution < -0.4 is 11.1 Å². The standard InChI is InChI=1S/C12H13F2N3O/c1-6-5-16-12(18-6)7(2)17-11-9(13)3-8(15)4-10(11)14/h3-5,7,17H,15H2,1-2H3. The van der Waals surface area contributed by atoms with Gasteiger partial charge in [-0.3, -0.25) is 0 Å². The second-order valence-electron chi connectivity index (χ2n) is 4.03. The van der Waals surface area contributed by atoms with Crippen molar-refractivity contribution in [1.29, 1.82) is 0 Å². The summed E-state index contributed by atoms with van der Waals surface area (Å²) in [6.45, 7) is 3.44. The van der Waals surface area contributed by atoms with E-state index in [9.17, 15) is 8.78 Å². The van der Waals surface area contributed by atoms with E-state index in [2.05, 4.69) is 10.3 Å². The van der Waals surface area contributed by atoms with Crippen LogP contribution in [-0.2, 0) is 0 Å². The first kappa shape index (κ1) is 12.3. The van der Waals surface area contributed by atoms with Gasteiger partial charge in [-0.05, 0) is 26.0 Å². The van der Waals surface area contributed by atoms with Crippen LogP contribution in [0.3, 0.4) is 0 Å². The van der Waals surface area contributed by atoms with Gasteiger partial charge in [-0.2, -0.15) is 0 Å². The molecule has 1 aromatic carbocycles. The van der Waals surface area contributed by atoms with Gasteiger partial charge in [0.1, 0.15) is 17.5 Å². The van der Waals surface area contributed by atoms with Crippen LogP contribution in [0.4, 0.5) is 20.2 Å². The van der Waals surface area contributed by atoms with E-state index < -0.39 is 17.7 Å². The summed E-state index contributed by atoms with van der Waals surface area (Å²) in [5, 5.41) is 2.67. The molecule has 0 fully saturated rings. The largest absolute Gasteiger partial charge is 0.444 e. The van der Waals surface area contributed by atoms with Gasteiger partial charge in [0.15, 0.2) is 11.6 Å². The Morgan fingerprint density at radius 2 is 1.94 bits per heavy atom. The zero-order chi connectivity index (χ0) is 13.3. The first-order valence-corrected chi connectivity index (χ1v) is 5.40. The lowest BCUT2D eigenvalue weighted by molar-refractivity contribution is 0.452. The Morgan fingerprint density at radius 1 is 1.33 bits per heavy atom. The van der Waals surface area contributed by atoms with Crippen LogP contribution in [0.2, 0.25) is 0 Å². The molecule has 1 unspecified atom stereocenters. The highest BCUT2D eigenvalue weighted by atomic mass is 19.1. The number of hydrogen-bond donors (Lipinski definition) is 2. The van der Waals surface area contributed by atoms with Crippen LogP contribution in [0, 0.1) is 18.6 Å². The van der Waals surface area contributed by atoms with Crippen molar-refractivity contribution < 1.29 is 13.2 Å². The predicted octanol–water partition coefficient (Wildman–Crippen LogP) is 3.02. The molecule has 0 spiro atoms. The summed E-state index contributed by atoms with van der Waals surface area (Å²) in [7, 11) is 0. The first-order valence-electron chi connectivity index (χ1n) is 5.40. The third kappa shape index (κ3) is 2.42. The van der Waals surface area contributed by atoms with E-state index in [4.69, 9.17) is 10.2 Å². The van der Waals surface area contributed by atoms with Crippen molar-refractivity contribution >= 4 is 11.4 Å². The highest BCUT2D eigenvalue weighted by Gasteiger charge is 2.16. The Morgan fingerprint density at radius 3 is 2.44 bits per heavy atom. The van der Waals surface area contributed by atoms with Gasteiger partial charge in [0, 0.05) is 5.69 Å². The molecule has 2 rings (SSSR count). The minimum Gasteiger partial charge on any atom is -0.444 e. The third-order valence-corrected chi connectivity index (χ3v) is 2.43. The van der Waals surface area contributed by atoms with E-state index in [0.717, 1.165) is 12.1 Å². The average Bonchev–Trinajstić information content (AvgIpc) is 2.70. The zero-order valence-corrected chi connectivity index (χ0v) is 10.00. The van der Waals surface area contributed by atoms with Gasteiger partial charge in [-0.1, -0.05) is 0 Å². The molecule has 1 heterocycles. The molecule has 0 bridgehead atoms. The second-order valence-corrected chi connectivity index (χ2v) is 4.03. The van der Waals surface area contributed by atoms with Crippen LogP contribution >= 0.6 is 0 Å². The van der Waals surface area contributed by atoms with Gasteiger partial charge in [-0.15, -0.1) is 0 Å². The number of aryl methyl sites for hydroxylation is 1. The van der Waals surface area contributed by atoms with Gasteiger partial charge in [0.2, 0.25) is 5.89 Å². The molecule has 0 aliphatic rings. The number of oxazole rings is 1. The fourth-order valence-electron chi connectivity index (χ4n) is 1.58. The molecule has 18 heavy (non-hydrogen) atoms. The summed E-state index contributed by atoms with van der Waals surface area (Å²) < 4.78 is 32.4. The number of nitrogens with one attached hydrogen (secondary N) is 1. The topological polar surface area (TPSA) is 64.1 Å². The summed E-state index contributed by atoms with van der Waals surface area (Å²) in [5.74, 6) is -0.495. The minimum absolute atomic E-state index is 0.0372. The maximum Gasteiger partial charge on any atom is 0.216 e. The summed E-state index contributed by atoms with van der Waals surface area (Å²) in [5.41, 5.74) is 5.13. The van der Waals surface area contributed by atoms with E-state index in [1.165, 1.54) is 0 Å². The number of rotatable bonds is 3. The van der Waals surface area contributed by atoms with Crippen molar-refractivity contribution in [3.8, 4) is 0 Å². The highest BCUT2D eigenvalue weighted by molar-refractivity contribution is 5.54. The quantitative estimate of drug-likeness (QED) is 0.825. The van der Waals surface area contributed by atoms with Crippen molar-refractivity contribution in [2.24, 2.45) is 0 Å². The summed E-state index contributed by atoms with van der Waals surface area (Å²) in [4.78, 5) is 3.99. The number of anilines is 2. The molecule has 1 aromatic heterocycles. The van der Waals surface area contributed by atoms with Crippen molar-refractivity contribution in [3.05, 3.63) is 41.6 Å². The van der Waals surface area contributed by atoms with Crippen LogP contribution in [-0.4, -0.2) is 4.98 Å². The first-order chi connectivity index (χ1) is 8.47. The highest BCUT2D eigenvalue weighted by Crippen LogP contribution is 2.26. The number of benzene rings is 1. The molecule has 96 valence electrons. The van der Waals surface area contributed by atoms with E-state index in [1.807, 2.05) is 0 Å². The molecule has 4 nitrogen and oxygen atoms in total. The van der Waals surface area contributed by atoms with Gasteiger partial charge in [0.25, 0.3) is 0 Å². The Kier molecular flexibility index (Phi) is 3.18. The number of nitrogens with two attached hydrogens (primary N) is 1. The normalized spacial score (nSPS) is 12.4. The predicted molar refractivity (Wildman–Crippen MR) is 64.0 cm³/mol. The lowest BCUT2D eigenvalue weighted by Crippen LogP contribution is -2.10. The molecule has 3 N–H and O–H groups in total. The monoisotopic (exact) mass is 253 g/mol. The number of aromatic nitrogens is 1. The Bertz CT molecular complexity index is 545. The molecule has 1 atom stereocenters. The molecule has 0 aliphatic carbocycles. The molecule has 2 aromatic rings. The van der Waals surface area contributed by atoms with Crippen LogP contribution in [0.25, 0.3) is 0 Å². The fourth-order valence-corrected chi connectivity index (χ4v) is 1.58. The molecule has 0 radical (unpaired) electrons. The zero-order valence-electron chi connectivity index (χ0n) is 10.00. The second kappa shape index (κ2) is 4.64. The van der Waals surface area contributed by atoms with E-state index in [-0.39, 0.29) is 11.4 Å². The van der Waals surface area contributed by atoms with Crippen molar-refractivity contribution in [1.82, 2.24) is 4.98 Å². The van der Waals surface area contributed by atoms with Crippen molar-refractivity contribution in [2.75, 3.05) is 11.1 Å². The molecular formula is C12H13F2N3O.